The van der Waals surface area contributed by atoms with Gasteiger partial charge >= 0.3 is 5.97 Å². The van der Waals surface area contributed by atoms with Crippen LogP contribution in [-0.4, -0.2) is 142 Å². The zero-order valence-corrected chi connectivity index (χ0v) is 37.8. The lowest BCUT2D eigenvalue weighted by Gasteiger charge is -2.42. The minimum absolute atomic E-state index is 0.0441. The fraction of sp³-hybridized carbons (Fsp3) is 0.812. The average Bonchev–Trinajstić information content (AvgIpc) is 3.27. The van der Waals surface area contributed by atoms with Crippen molar-refractivity contribution in [3.63, 3.8) is 0 Å². The van der Waals surface area contributed by atoms with E-state index in [1.807, 2.05) is 0 Å². The molecule has 2 heterocycles. The summed E-state index contributed by atoms with van der Waals surface area (Å²) in [5.74, 6) is -0.409. The van der Waals surface area contributed by atoms with E-state index in [-0.39, 0.29) is 19.6 Å². The van der Waals surface area contributed by atoms with E-state index in [0.29, 0.717) is 13.0 Å². The highest BCUT2D eigenvalue weighted by Gasteiger charge is 2.47. The molecule has 2 aliphatic rings. The number of carbonyl (C=O) groups is 1. The maximum Gasteiger partial charge on any atom is 0.306 e. The Kier molecular flexibility index (Phi) is 32.7. The second kappa shape index (κ2) is 36.2. The van der Waals surface area contributed by atoms with E-state index in [0.717, 1.165) is 64.2 Å². The minimum Gasteiger partial charge on any atom is -0.457 e. The molecular formula is C48H84O14. The molecule has 0 radical (unpaired) electrons. The highest BCUT2D eigenvalue weighted by atomic mass is 16.7. The van der Waals surface area contributed by atoms with Crippen LogP contribution in [0.4, 0.5) is 0 Å². The standard InChI is InChI=1S/C48H84O14/c1-3-5-7-9-11-13-15-17-18-20-22-24-26-28-30-32-57-34-37(60-40(50)31-29-27-25-23-21-19-16-14-12-10-8-6-4-2)35-58-47-46(56)44(54)42(52)39(62-47)36-59-48-45(55)43(53)41(51)38(33-49)61-48/h6,8,12,14-15,17,19,21,37-39,41-49,51-56H,3-5,7,9-11,13,16,18,20,22-36H2,1-2H3/b8-6-,14-12-,17-15-,21-19-. The Bertz CT molecular complexity index is 1210. The smallest absolute Gasteiger partial charge is 0.306 e. The van der Waals surface area contributed by atoms with E-state index in [9.17, 15) is 40.5 Å². The van der Waals surface area contributed by atoms with Gasteiger partial charge in [0.2, 0.25) is 0 Å². The third-order valence-electron chi connectivity index (χ3n) is 11.1. The number of aliphatic hydroxyl groups excluding tert-OH is 7. The molecule has 0 aliphatic carbocycles. The predicted octanol–water partition coefficient (Wildman–Crippen LogP) is 6.01. The molecule has 2 fully saturated rings. The third-order valence-corrected chi connectivity index (χ3v) is 11.1. The predicted molar refractivity (Wildman–Crippen MR) is 238 cm³/mol. The van der Waals surface area contributed by atoms with Crippen molar-refractivity contribution in [3.8, 4) is 0 Å². The zero-order valence-electron chi connectivity index (χ0n) is 37.8. The van der Waals surface area contributed by atoms with Crippen molar-refractivity contribution in [2.24, 2.45) is 0 Å². The number of hydrogen-bond acceptors (Lipinski definition) is 14. The second-order valence-corrected chi connectivity index (χ2v) is 16.5. The molecule has 62 heavy (non-hydrogen) atoms. The van der Waals surface area contributed by atoms with Crippen molar-refractivity contribution in [1.29, 1.82) is 0 Å². The first-order valence-electron chi connectivity index (χ1n) is 23.7. The molecule has 360 valence electrons. The van der Waals surface area contributed by atoms with Gasteiger partial charge in [-0.25, -0.2) is 0 Å². The SMILES string of the molecule is CC/C=C\C/C=C\C/C=C\CCCCCC(=O)OC(COCCCCCCCC/C=C\CCCCCCC)COC1OC(COC2OC(CO)C(O)C(O)C2O)C(O)C(O)C1O. The van der Waals surface area contributed by atoms with Crippen LogP contribution in [0.1, 0.15) is 149 Å². The van der Waals surface area contributed by atoms with Crippen LogP contribution in [0.3, 0.4) is 0 Å². The van der Waals surface area contributed by atoms with Crippen molar-refractivity contribution in [2.45, 2.75) is 216 Å². The van der Waals surface area contributed by atoms with Crippen molar-refractivity contribution in [2.75, 3.05) is 33.0 Å². The molecule has 2 aliphatic heterocycles. The van der Waals surface area contributed by atoms with Crippen LogP contribution >= 0.6 is 0 Å². The molecule has 14 nitrogen and oxygen atoms in total. The Labute approximate surface area is 372 Å². The highest BCUT2D eigenvalue weighted by Crippen LogP contribution is 2.26. The lowest BCUT2D eigenvalue weighted by atomic mass is 9.98. The average molecular weight is 885 g/mol. The fourth-order valence-electron chi connectivity index (χ4n) is 7.17. The van der Waals surface area contributed by atoms with Crippen LogP contribution in [0.25, 0.3) is 0 Å². The summed E-state index contributed by atoms with van der Waals surface area (Å²) in [4.78, 5) is 12.9. The van der Waals surface area contributed by atoms with Gasteiger partial charge < -0.3 is 64.2 Å². The summed E-state index contributed by atoms with van der Waals surface area (Å²) in [6.45, 7) is 3.49. The lowest BCUT2D eigenvalue weighted by molar-refractivity contribution is -0.332. The van der Waals surface area contributed by atoms with Crippen molar-refractivity contribution in [3.05, 3.63) is 48.6 Å². The van der Waals surface area contributed by atoms with E-state index in [2.05, 4.69) is 62.5 Å². The number of rotatable bonds is 36. The molecule has 2 rings (SSSR count). The summed E-state index contributed by atoms with van der Waals surface area (Å²) >= 11 is 0. The summed E-state index contributed by atoms with van der Waals surface area (Å²) in [5.41, 5.74) is 0. The maximum atomic E-state index is 12.9. The number of hydrogen-bond donors (Lipinski definition) is 7. The Morgan fingerprint density at radius 1 is 0.548 bits per heavy atom. The topological polar surface area (TPSA) is 214 Å². The van der Waals surface area contributed by atoms with Gasteiger partial charge in [-0.2, -0.15) is 0 Å². The molecule has 14 heteroatoms. The van der Waals surface area contributed by atoms with Crippen molar-refractivity contribution in [1.82, 2.24) is 0 Å². The molecule has 0 aromatic heterocycles. The van der Waals surface area contributed by atoms with Crippen LogP contribution in [0.5, 0.6) is 0 Å². The molecular weight excluding hydrogens is 801 g/mol. The van der Waals surface area contributed by atoms with Crippen LogP contribution < -0.4 is 0 Å². The number of aliphatic hydroxyl groups is 7. The fourth-order valence-corrected chi connectivity index (χ4v) is 7.17. The quantitative estimate of drug-likeness (QED) is 0.0218. The van der Waals surface area contributed by atoms with Crippen LogP contribution in [0.2, 0.25) is 0 Å². The Balaban J connectivity index is 1.82. The van der Waals surface area contributed by atoms with Crippen molar-refractivity contribution >= 4 is 5.97 Å². The van der Waals surface area contributed by atoms with Gasteiger partial charge in [-0.1, -0.05) is 120 Å². The minimum atomic E-state index is -1.71. The van der Waals surface area contributed by atoms with E-state index in [1.54, 1.807) is 0 Å². The van der Waals surface area contributed by atoms with E-state index in [1.165, 1.54) is 57.8 Å². The Morgan fingerprint density at radius 3 is 1.66 bits per heavy atom. The highest BCUT2D eigenvalue weighted by molar-refractivity contribution is 5.69. The molecule has 0 aromatic carbocycles. The van der Waals surface area contributed by atoms with E-state index < -0.39 is 86.7 Å². The molecule has 2 saturated heterocycles. The second-order valence-electron chi connectivity index (χ2n) is 16.5. The molecule has 0 saturated carbocycles. The van der Waals surface area contributed by atoms with Gasteiger partial charge in [0, 0.05) is 13.0 Å². The molecule has 0 spiro atoms. The first kappa shape index (κ1) is 56.1. The maximum absolute atomic E-state index is 12.9. The van der Waals surface area contributed by atoms with Gasteiger partial charge in [-0.15, -0.1) is 0 Å². The number of ether oxygens (including phenoxy) is 6. The first-order chi connectivity index (χ1) is 30.1. The molecule has 11 atom stereocenters. The molecule has 0 amide bonds. The summed E-state index contributed by atoms with van der Waals surface area (Å²) in [6, 6.07) is 0. The number of carbonyl (C=O) groups excluding carboxylic acids is 1. The monoisotopic (exact) mass is 885 g/mol. The molecule has 7 N–H and O–H groups in total. The van der Waals surface area contributed by atoms with Gasteiger partial charge in [-0.3, -0.25) is 4.79 Å². The zero-order chi connectivity index (χ0) is 45.2. The third kappa shape index (κ3) is 24.3. The molecule has 11 unspecified atom stereocenters. The van der Waals surface area contributed by atoms with E-state index >= 15 is 0 Å². The number of unbranched alkanes of at least 4 members (excludes halogenated alkanes) is 14. The van der Waals surface area contributed by atoms with Gasteiger partial charge in [-0.05, 0) is 70.6 Å². The summed E-state index contributed by atoms with van der Waals surface area (Å²) in [5, 5.41) is 71.9. The summed E-state index contributed by atoms with van der Waals surface area (Å²) in [7, 11) is 0. The van der Waals surface area contributed by atoms with Gasteiger partial charge in [0.1, 0.15) is 54.9 Å². The number of allylic oxidation sites excluding steroid dienone is 8. The largest absolute Gasteiger partial charge is 0.457 e. The Hall–Kier alpha value is -2.05. The summed E-state index contributed by atoms with van der Waals surface area (Å²) < 4.78 is 34.1. The lowest BCUT2D eigenvalue weighted by Crippen LogP contribution is -2.61. The van der Waals surface area contributed by atoms with Gasteiger partial charge in [0.05, 0.1) is 26.4 Å². The van der Waals surface area contributed by atoms with E-state index in [4.69, 9.17) is 28.4 Å². The molecule has 0 bridgehead atoms. The van der Waals surface area contributed by atoms with Crippen LogP contribution in [0, 0.1) is 0 Å². The van der Waals surface area contributed by atoms with Crippen molar-refractivity contribution < 1.29 is 69.0 Å². The van der Waals surface area contributed by atoms with Crippen LogP contribution in [-0.2, 0) is 33.2 Å². The van der Waals surface area contributed by atoms with Gasteiger partial charge in [0.15, 0.2) is 12.6 Å². The first-order valence-corrected chi connectivity index (χ1v) is 23.7. The Morgan fingerprint density at radius 2 is 1.05 bits per heavy atom. The number of esters is 1. The van der Waals surface area contributed by atoms with Gasteiger partial charge in [0.25, 0.3) is 0 Å². The van der Waals surface area contributed by atoms with Crippen LogP contribution in [0.15, 0.2) is 48.6 Å². The normalized spacial score (nSPS) is 27.6. The molecule has 0 aromatic rings. The summed E-state index contributed by atoms with van der Waals surface area (Å²) in [6.07, 6.45) is 23.2.